The van der Waals surface area contributed by atoms with Crippen molar-refractivity contribution in [2.75, 3.05) is 13.2 Å². The van der Waals surface area contributed by atoms with E-state index < -0.39 is 0 Å². The number of ether oxygens (including phenoxy) is 1. The summed E-state index contributed by atoms with van der Waals surface area (Å²) in [6.45, 7) is 7.36. The molecule has 0 saturated heterocycles. The van der Waals surface area contributed by atoms with Gasteiger partial charge >= 0.3 is 0 Å². The van der Waals surface area contributed by atoms with Gasteiger partial charge in [-0.3, -0.25) is 0 Å². The quantitative estimate of drug-likeness (QED) is 0.733. The van der Waals surface area contributed by atoms with E-state index in [4.69, 9.17) is 4.74 Å². The van der Waals surface area contributed by atoms with E-state index in [-0.39, 0.29) is 11.6 Å². The van der Waals surface area contributed by atoms with Crippen LogP contribution in [0.5, 0.6) is 0 Å². The van der Waals surface area contributed by atoms with Gasteiger partial charge in [-0.05, 0) is 33.6 Å². The van der Waals surface area contributed by atoms with Gasteiger partial charge in [-0.2, -0.15) is 0 Å². The number of β-amino-alcohol motifs (C(OH)–C–C–N with tert-alkyl or cyclic N) is 1. The minimum Gasteiger partial charge on any atom is -0.389 e. The molecular formula is C12H25NO2. The molecule has 1 atom stereocenters. The first-order valence-corrected chi connectivity index (χ1v) is 6.02. The van der Waals surface area contributed by atoms with Gasteiger partial charge in [0.2, 0.25) is 0 Å². The lowest BCUT2D eigenvalue weighted by molar-refractivity contribution is -0.00714. The molecule has 0 spiro atoms. The molecule has 2 N–H and O–H groups in total. The zero-order valence-corrected chi connectivity index (χ0v) is 10.3. The van der Waals surface area contributed by atoms with E-state index in [1.165, 1.54) is 25.7 Å². The van der Waals surface area contributed by atoms with E-state index >= 15 is 0 Å². The van der Waals surface area contributed by atoms with Crippen molar-refractivity contribution < 1.29 is 9.84 Å². The molecule has 1 fully saturated rings. The molecule has 0 amide bonds. The van der Waals surface area contributed by atoms with Gasteiger partial charge in [-0.1, -0.05) is 12.8 Å². The van der Waals surface area contributed by atoms with Crippen LogP contribution in [0.2, 0.25) is 0 Å². The maximum atomic E-state index is 9.69. The van der Waals surface area contributed by atoms with Gasteiger partial charge in [0.25, 0.3) is 0 Å². The summed E-state index contributed by atoms with van der Waals surface area (Å²) in [5.74, 6) is 0. The molecule has 0 radical (unpaired) electrons. The Hall–Kier alpha value is -0.120. The van der Waals surface area contributed by atoms with E-state index in [9.17, 15) is 5.11 Å². The zero-order valence-electron chi connectivity index (χ0n) is 10.3. The molecule has 1 saturated carbocycles. The van der Waals surface area contributed by atoms with Crippen molar-refractivity contribution in [1.82, 2.24) is 5.32 Å². The van der Waals surface area contributed by atoms with Gasteiger partial charge < -0.3 is 15.2 Å². The summed E-state index contributed by atoms with van der Waals surface area (Å²) in [7, 11) is 0. The van der Waals surface area contributed by atoms with E-state index in [1.54, 1.807) is 0 Å². The van der Waals surface area contributed by atoms with Gasteiger partial charge in [-0.15, -0.1) is 0 Å². The molecule has 0 aromatic carbocycles. The van der Waals surface area contributed by atoms with Crippen LogP contribution < -0.4 is 5.32 Å². The van der Waals surface area contributed by atoms with Gasteiger partial charge in [-0.25, -0.2) is 0 Å². The third-order valence-corrected chi connectivity index (χ3v) is 2.69. The molecule has 0 aromatic rings. The van der Waals surface area contributed by atoms with Crippen LogP contribution in [0.25, 0.3) is 0 Å². The highest BCUT2D eigenvalue weighted by molar-refractivity contribution is 4.73. The number of aliphatic hydroxyl groups is 1. The Morgan fingerprint density at radius 3 is 2.47 bits per heavy atom. The monoisotopic (exact) mass is 215 g/mol. The van der Waals surface area contributed by atoms with Crippen LogP contribution in [0.1, 0.15) is 46.5 Å². The molecule has 1 aliphatic carbocycles. The Morgan fingerprint density at radius 2 is 1.93 bits per heavy atom. The molecule has 1 unspecified atom stereocenters. The highest BCUT2D eigenvalue weighted by Gasteiger charge is 2.17. The maximum Gasteiger partial charge on any atom is 0.0898 e. The first-order chi connectivity index (χ1) is 6.97. The predicted octanol–water partition coefficient (Wildman–Crippen LogP) is 1.69. The van der Waals surface area contributed by atoms with Crippen molar-refractivity contribution >= 4 is 0 Å². The average molecular weight is 215 g/mol. The van der Waals surface area contributed by atoms with Crippen molar-refractivity contribution in [2.24, 2.45) is 0 Å². The molecule has 0 aliphatic heterocycles. The Bertz CT molecular complexity index is 171. The van der Waals surface area contributed by atoms with Gasteiger partial charge in [0.15, 0.2) is 0 Å². The lowest BCUT2D eigenvalue weighted by Crippen LogP contribution is -2.42. The average Bonchev–Trinajstić information content (AvgIpc) is 2.62. The Kier molecular flexibility index (Phi) is 5.03. The summed E-state index contributed by atoms with van der Waals surface area (Å²) >= 11 is 0. The Labute approximate surface area is 93.2 Å². The number of nitrogens with one attached hydrogen (secondary N) is 1. The van der Waals surface area contributed by atoms with Crippen molar-refractivity contribution in [3.8, 4) is 0 Å². The highest BCUT2D eigenvalue weighted by Crippen LogP contribution is 2.20. The van der Waals surface area contributed by atoms with Crippen LogP contribution in [-0.4, -0.2) is 36.0 Å². The van der Waals surface area contributed by atoms with Gasteiger partial charge in [0, 0.05) is 12.1 Å². The highest BCUT2D eigenvalue weighted by atomic mass is 16.5. The SMILES string of the molecule is CC(C)(C)NCC(O)COC1CCCC1. The van der Waals surface area contributed by atoms with E-state index in [0.717, 1.165) is 0 Å². The first kappa shape index (κ1) is 12.9. The van der Waals surface area contributed by atoms with Gasteiger partial charge in [0.1, 0.15) is 0 Å². The van der Waals surface area contributed by atoms with Crippen LogP contribution in [0, 0.1) is 0 Å². The van der Waals surface area contributed by atoms with Crippen LogP contribution in [0.15, 0.2) is 0 Å². The standard InChI is InChI=1S/C12H25NO2/c1-12(2,3)13-8-10(14)9-15-11-6-4-5-7-11/h10-11,13-14H,4-9H2,1-3H3. The van der Waals surface area contributed by atoms with Crippen molar-refractivity contribution in [1.29, 1.82) is 0 Å². The summed E-state index contributed by atoms with van der Waals surface area (Å²) in [4.78, 5) is 0. The van der Waals surface area contributed by atoms with Crippen LogP contribution in [0.3, 0.4) is 0 Å². The minimum absolute atomic E-state index is 0.0638. The molecule has 1 rings (SSSR count). The van der Waals surface area contributed by atoms with E-state index in [2.05, 4.69) is 26.1 Å². The fourth-order valence-electron chi connectivity index (χ4n) is 1.79. The second-order valence-corrected chi connectivity index (χ2v) is 5.52. The lowest BCUT2D eigenvalue weighted by Gasteiger charge is -2.23. The predicted molar refractivity (Wildman–Crippen MR) is 62.0 cm³/mol. The molecule has 0 heterocycles. The normalized spacial score (nSPS) is 20.8. The second kappa shape index (κ2) is 5.83. The largest absolute Gasteiger partial charge is 0.389 e. The zero-order chi connectivity index (χ0) is 11.3. The molecule has 90 valence electrons. The minimum atomic E-state index is -0.384. The number of hydrogen-bond acceptors (Lipinski definition) is 3. The molecule has 0 aromatic heterocycles. The van der Waals surface area contributed by atoms with Crippen molar-refractivity contribution in [3.05, 3.63) is 0 Å². The fraction of sp³-hybridized carbons (Fsp3) is 1.00. The smallest absolute Gasteiger partial charge is 0.0898 e. The number of aliphatic hydroxyl groups excluding tert-OH is 1. The first-order valence-electron chi connectivity index (χ1n) is 6.02. The number of rotatable bonds is 5. The molecular weight excluding hydrogens is 190 g/mol. The molecule has 1 aliphatic rings. The Balaban J connectivity index is 2.05. The van der Waals surface area contributed by atoms with Crippen LogP contribution >= 0.6 is 0 Å². The van der Waals surface area contributed by atoms with Crippen molar-refractivity contribution in [3.63, 3.8) is 0 Å². The molecule has 3 nitrogen and oxygen atoms in total. The lowest BCUT2D eigenvalue weighted by atomic mass is 10.1. The fourth-order valence-corrected chi connectivity index (χ4v) is 1.79. The summed E-state index contributed by atoms with van der Waals surface area (Å²) in [6, 6.07) is 0. The second-order valence-electron chi connectivity index (χ2n) is 5.52. The summed E-state index contributed by atoms with van der Waals surface area (Å²) in [5, 5.41) is 13.0. The summed E-state index contributed by atoms with van der Waals surface area (Å²) < 4.78 is 5.64. The summed E-state index contributed by atoms with van der Waals surface area (Å²) in [5.41, 5.74) is 0.0638. The van der Waals surface area contributed by atoms with Gasteiger partial charge in [0.05, 0.1) is 18.8 Å². The Morgan fingerprint density at radius 1 is 1.33 bits per heavy atom. The third kappa shape index (κ3) is 6.13. The third-order valence-electron chi connectivity index (χ3n) is 2.69. The van der Waals surface area contributed by atoms with Crippen molar-refractivity contribution in [2.45, 2.75) is 64.2 Å². The topological polar surface area (TPSA) is 41.5 Å². The molecule has 15 heavy (non-hydrogen) atoms. The van der Waals surface area contributed by atoms with Crippen LogP contribution in [-0.2, 0) is 4.74 Å². The van der Waals surface area contributed by atoms with Crippen LogP contribution in [0.4, 0.5) is 0 Å². The molecule has 3 heteroatoms. The summed E-state index contributed by atoms with van der Waals surface area (Å²) in [6.07, 6.45) is 4.90. The van der Waals surface area contributed by atoms with E-state index in [0.29, 0.717) is 19.3 Å². The molecule has 0 bridgehead atoms. The number of hydrogen-bond donors (Lipinski definition) is 2. The maximum absolute atomic E-state index is 9.69. The van der Waals surface area contributed by atoms with E-state index in [1.807, 2.05) is 0 Å².